The smallest absolute Gasteiger partial charge is 0.360 e. The first-order valence-corrected chi connectivity index (χ1v) is 7.22. The molecule has 0 spiro atoms. The number of nitrogens with one attached hydrogen (secondary N) is 1. The standard InChI is InChI=1S/C14H22N2O4/c1-2-19-12(17)11-9-20-13(16-11)15-10-14(18)7-5-3-4-6-8-14/h9,18H,2-8,10H2,1H3,(H,15,16). The Morgan fingerprint density at radius 2 is 2.15 bits per heavy atom. The van der Waals surface area contributed by atoms with E-state index in [0.29, 0.717) is 13.2 Å². The molecule has 0 bridgehead atoms. The molecule has 0 saturated heterocycles. The van der Waals surface area contributed by atoms with Crippen molar-refractivity contribution in [3.8, 4) is 0 Å². The van der Waals surface area contributed by atoms with Crippen LogP contribution in [0.5, 0.6) is 0 Å². The van der Waals surface area contributed by atoms with E-state index >= 15 is 0 Å². The fourth-order valence-electron chi connectivity index (χ4n) is 2.46. The maximum atomic E-state index is 11.5. The van der Waals surface area contributed by atoms with Gasteiger partial charge in [0.25, 0.3) is 6.01 Å². The number of ether oxygens (including phenoxy) is 1. The highest BCUT2D eigenvalue weighted by Gasteiger charge is 2.28. The molecule has 1 heterocycles. The van der Waals surface area contributed by atoms with Crippen molar-refractivity contribution in [1.82, 2.24) is 4.98 Å². The van der Waals surface area contributed by atoms with Crippen molar-refractivity contribution in [1.29, 1.82) is 0 Å². The molecule has 1 aliphatic rings. The number of aromatic nitrogens is 1. The topological polar surface area (TPSA) is 84.6 Å². The maximum Gasteiger partial charge on any atom is 0.360 e. The van der Waals surface area contributed by atoms with E-state index in [1.807, 2.05) is 0 Å². The third-order valence-corrected chi connectivity index (χ3v) is 3.59. The van der Waals surface area contributed by atoms with Crippen molar-refractivity contribution in [2.75, 3.05) is 18.5 Å². The highest BCUT2D eigenvalue weighted by Crippen LogP contribution is 2.27. The van der Waals surface area contributed by atoms with Gasteiger partial charge in [-0.15, -0.1) is 0 Å². The van der Waals surface area contributed by atoms with E-state index in [1.54, 1.807) is 6.92 Å². The summed E-state index contributed by atoms with van der Waals surface area (Å²) in [7, 11) is 0. The number of nitrogens with zero attached hydrogens (tertiary/aromatic N) is 1. The zero-order chi connectivity index (χ0) is 14.4. The van der Waals surface area contributed by atoms with Crippen molar-refractivity contribution in [3.63, 3.8) is 0 Å². The molecular weight excluding hydrogens is 260 g/mol. The summed E-state index contributed by atoms with van der Waals surface area (Å²) in [6.45, 7) is 2.42. The van der Waals surface area contributed by atoms with E-state index in [2.05, 4.69) is 10.3 Å². The summed E-state index contributed by atoms with van der Waals surface area (Å²) in [5, 5.41) is 13.5. The minimum absolute atomic E-state index is 0.141. The van der Waals surface area contributed by atoms with Crippen LogP contribution >= 0.6 is 0 Å². The molecule has 20 heavy (non-hydrogen) atoms. The lowest BCUT2D eigenvalue weighted by atomic mass is 9.95. The molecule has 1 fully saturated rings. The van der Waals surface area contributed by atoms with E-state index < -0.39 is 11.6 Å². The van der Waals surface area contributed by atoms with E-state index in [0.717, 1.165) is 25.7 Å². The van der Waals surface area contributed by atoms with Gasteiger partial charge in [-0.3, -0.25) is 0 Å². The number of carbonyl (C=O) groups excluding carboxylic acids is 1. The average molecular weight is 282 g/mol. The second kappa shape index (κ2) is 6.74. The summed E-state index contributed by atoms with van der Waals surface area (Å²) in [4.78, 5) is 15.5. The monoisotopic (exact) mass is 282 g/mol. The second-order valence-corrected chi connectivity index (χ2v) is 5.25. The maximum absolute atomic E-state index is 11.5. The van der Waals surface area contributed by atoms with E-state index in [4.69, 9.17) is 9.15 Å². The lowest BCUT2D eigenvalue weighted by molar-refractivity contribution is 0.0376. The number of carbonyl (C=O) groups is 1. The molecule has 0 aromatic carbocycles. The van der Waals surface area contributed by atoms with Crippen LogP contribution in [-0.4, -0.2) is 34.8 Å². The lowest BCUT2D eigenvalue weighted by Crippen LogP contribution is -2.36. The Kier molecular flexibility index (Phi) is 5.00. The van der Waals surface area contributed by atoms with Crippen LogP contribution in [0.3, 0.4) is 0 Å². The molecule has 112 valence electrons. The third kappa shape index (κ3) is 3.96. The zero-order valence-corrected chi connectivity index (χ0v) is 11.9. The van der Waals surface area contributed by atoms with Crippen molar-refractivity contribution in [2.45, 2.75) is 51.0 Å². The Bertz CT molecular complexity index is 436. The normalized spacial score (nSPS) is 18.3. The van der Waals surface area contributed by atoms with Gasteiger partial charge in [0.1, 0.15) is 6.26 Å². The number of oxazole rings is 1. The van der Waals surface area contributed by atoms with E-state index in [1.165, 1.54) is 19.1 Å². The predicted octanol–water partition coefficient (Wildman–Crippen LogP) is 2.35. The van der Waals surface area contributed by atoms with Gasteiger partial charge in [-0.1, -0.05) is 25.7 Å². The van der Waals surface area contributed by atoms with E-state index in [-0.39, 0.29) is 11.7 Å². The molecule has 1 saturated carbocycles. The Labute approximate surface area is 118 Å². The first-order chi connectivity index (χ1) is 9.63. The summed E-state index contributed by atoms with van der Waals surface area (Å²) in [5.74, 6) is -0.502. The van der Waals surface area contributed by atoms with Gasteiger partial charge in [0.2, 0.25) is 0 Å². The van der Waals surface area contributed by atoms with Crippen molar-refractivity contribution >= 4 is 12.0 Å². The van der Waals surface area contributed by atoms with Gasteiger partial charge < -0.3 is 19.6 Å². The SMILES string of the molecule is CCOC(=O)c1coc(NCC2(O)CCCCCC2)n1. The molecule has 1 aromatic rings. The number of aliphatic hydroxyl groups is 1. The molecule has 0 amide bonds. The number of hydrogen-bond donors (Lipinski definition) is 2. The molecule has 6 nitrogen and oxygen atoms in total. The van der Waals surface area contributed by atoms with Gasteiger partial charge in [0, 0.05) is 6.54 Å². The first kappa shape index (κ1) is 14.8. The zero-order valence-electron chi connectivity index (χ0n) is 11.9. The van der Waals surface area contributed by atoms with Gasteiger partial charge in [0.15, 0.2) is 5.69 Å². The lowest BCUT2D eigenvalue weighted by Gasteiger charge is -2.26. The Hall–Kier alpha value is -1.56. The van der Waals surface area contributed by atoms with E-state index in [9.17, 15) is 9.90 Å². The van der Waals surface area contributed by atoms with Gasteiger partial charge in [-0.05, 0) is 19.8 Å². The molecule has 0 radical (unpaired) electrons. The number of anilines is 1. The summed E-state index contributed by atoms with van der Waals surface area (Å²) in [6.07, 6.45) is 7.26. The summed E-state index contributed by atoms with van der Waals surface area (Å²) < 4.78 is 10.00. The molecule has 6 heteroatoms. The number of esters is 1. The van der Waals surface area contributed by atoms with Crippen LogP contribution in [0.4, 0.5) is 6.01 Å². The first-order valence-electron chi connectivity index (χ1n) is 7.22. The summed E-state index contributed by atoms with van der Waals surface area (Å²) in [6, 6.07) is 0.241. The molecular formula is C14H22N2O4. The van der Waals surface area contributed by atoms with Gasteiger partial charge in [0.05, 0.1) is 12.2 Å². The van der Waals surface area contributed by atoms with Gasteiger partial charge >= 0.3 is 5.97 Å². The predicted molar refractivity (Wildman–Crippen MR) is 73.6 cm³/mol. The quantitative estimate of drug-likeness (QED) is 0.637. The minimum Gasteiger partial charge on any atom is -0.461 e. The second-order valence-electron chi connectivity index (χ2n) is 5.25. The Morgan fingerprint density at radius 1 is 1.45 bits per heavy atom. The average Bonchev–Trinajstić information content (AvgIpc) is 2.80. The fourth-order valence-corrected chi connectivity index (χ4v) is 2.46. The molecule has 0 unspecified atom stereocenters. The minimum atomic E-state index is -0.713. The number of rotatable bonds is 5. The largest absolute Gasteiger partial charge is 0.461 e. The molecule has 0 aliphatic heterocycles. The number of hydrogen-bond acceptors (Lipinski definition) is 6. The van der Waals surface area contributed by atoms with Gasteiger partial charge in [-0.2, -0.15) is 4.98 Å². The molecule has 1 aromatic heterocycles. The Balaban J connectivity index is 1.88. The van der Waals surface area contributed by atoms with Crippen LogP contribution < -0.4 is 5.32 Å². The molecule has 1 aliphatic carbocycles. The van der Waals surface area contributed by atoms with Crippen LogP contribution in [-0.2, 0) is 4.74 Å². The van der Waals surface area contributed by atoms with Crippen LogP contribution in [0.2, 0.25) is 0 Å². The van der Waals surface area contributed by atoms with Crippen LogP contribution in [0.15, 0.2) is 10.7 Å². The molecule has 2 rings (SSSR count). The van der Waals surface area contributed by atoms with Crippen molar-refractivity contribution < 1.29 is 19.1 Å². The summed E-state index contributed by atoms with van der Waals surface area (Å²) >= 11 is 0. The highest BCUT2D eigenvalue weighted by atomic mass is 16.5. The van der Waals surface area contributed by atoms with Crippen LogP contribution in [0, 0.1) is 0 Å². The van der Waals surface area contributed by atoms with Crippen molar-refractivity contribution in [2.24, 2.45) is 0 Å². The third-order valence-electron chi connectivity index (χ3n) is 3.59. The van der Waals surface area contributed by atoms with Crippen molar-refractivity contribution in [3.05, 3.63) is 12.0 Å². The Morgan fingerprint density at radius 3 is 2.80 bits per heavy atom. The highest BCUT2D eigenvalue weighted by molar-refractivity contribution is 5.87. The summed E-state index contributed by atoms with van der Waals surface area (Å²) in [5.41, 5.74) is -0.572. The van der Waals surface area contributed by atoms with Gasteiger partial charge in [-0.25, -0.2) is 4.79 Å². The van der Waals surface area contributed by atoms with Crippen LogP contribution in [0.25, 0.3) is 0 Å². The van der Waals surface area contributed by atoms with Crippen LogP contribution in [0.1, 0.15) is 55.9 Å². The molecule has 0 atom stereocenters. The fraction of sp³-hybridized carbons (Fsp3) is 0.714. The molecule has 2 N–H and O–H groups in total.